The lowest BCUT2D eigenvalue weighted by atomic mass is 9.86. The summed E-state index contributed by atoms with van der Waals surface area (Å²) in [5.74, 6) is 0.421. The van der Waals surface area contributed by atoms with Gasteiger partial charge in [0.05, 0.1) is 38.1 Å². The minimum atomic E-state index is -1.17. The van der Waals surface area contributed by atoms with Crippen LogP contribution in [0.4, 0.5) is 4.79 Å². The van der Waals surface area contributed by atoms with Gasteiger partial charge in [-0.2, -0.15) is 0 Å². The zero-order valence-corrected chi connectivity index (χ0v) is 17.1. The molecule has 2 bridgehead atoms. The number of nitrogens with one attached hydrogen (secondary N) is 1. The fourth-order valence-electron chi connectivity index (χ4n) is 3.62. The van der Waals surface area contributed by atoms with Gasteiger partial charge in [0.15, 0.2) is 0 Å². The molecule has 144 valence electrons. The van der Waals surface area contributed by atoms with Gasteiger partial charge in [0, 0.05) is 14.0 Å². The second kappa shape index (κ2) is 8.54. The van der Waals surface area contributed by atoms with Crippen LogP contribution in [-0.2, 0) is 20.8 Å². The Bertz CT molecular complexity index is 589. The zero-order valence-electron chi connectivity index (χ0n) is 16.1. The number of alkyl carbamates (subject to hydrolysis) is 1. The van der Waals surface area contributed by atoms with E-state index in [4.69, 9.17) is 14.2 Å². The smallest absolute Gasteiger partial charge is 0.407 e. The van der Waals surface area contributed by atoms with Crippen molar-refractivity contribution >= 4 is 14.2 Å². The lowest BCUT2D eigenvalue weighted by Gasteiger charge is -2.25. The lowest BCUT2D eigenvalue weighted by Crippen LogP contribution is -2.43. The van der Waals surface area contributed by atoms with E-state index in [0.29, 0.717) is 25.7 Å². The molecule has 2 fully saturated rings. The lowest BCUT2D eigenvalue weighted by molar-refractivity contribution is 0.0448. The van der Waals surface area contributed by atoms with Crippen LogP contribution in [-0.4, -0.2) is 45.6 Å². The number of fused-ring (bicyclic) bond motifs is 2. The molecular weight excluding hydrogens is 346 g/mol. The maximum atomic E-state index is 12.0. The summed E-state index contributed by atoms with van der Waals surface area (Å²) in [4.78, 5) is 12.0. The first kappa shape index (κ1) is 19.4. The highest BCUT2D eigenvalue weighted by Crippen LogP contribution is 2.39. The number of hydrogen-bond acceptors (Lipinski definition) is 4. The van der Waals surface area contributed by atoms with Gasteiger partial charge < -0.3 is 19.5 Å². The minimum absolute atomic E-state index is 0.0738. The molecule has 1 unspecified atom stereocenters. The van der Waals surface area contributed by atoms with E-state index in [2.05, 4.69) is 37.1 Å². The molecule has 6 heteroatoms. The van der Waals surface area contributed by atoms with Crippen molar-refractivity contribution in [2.45, 2.75) is 63.4 Å². The zero-order chi connectivity index (χ0) is 18.6. The summed E-state index contributed by atoms with van der Waals surface area (Å²) in [6.45, 7) is 8.69. The molecule has 1 aromatic rings. The van der Waals surface area contributed by atoms with E-state index in [1.165, 1.54) is 5.56 Å². The van der Waals surface area contributed by atoms with E-state index >= 15 is 0 Å². The molecule has 1 amide bonds. The van der Waals surface area contributed by atoms with Crippen LogP contribution in [0.3, 0.4) is 0 Å². The molecule has 2 aliphatic heterocycles. The van der Waals surface area contributed by atoms with E-state index in [-0.39, 0.29) is 24.3 Å². The van der Waals surface area contributed by atoms with Gasteiger partial charge in [-0.05, 0) is 24.4 Å². The van der Waals surface area contributed by atoms with Crippen molar-refractivity contribution in [3.8, 4) is 0 Å². The normalized spacial score (nSPS) is 27.5. The standard InChI is InChI=1S/C20H31NO4Si/c1-26(2,3)10-9-24-20(22)21-17-12-18-16(11-19(17)25-18)14-23-13-15-7-5-4-6-8-15/h4-8,16-19H,9-14H2,1-3H3,(H,21,22)/t16?,17-,18+,19+/m1/s1. The van der Waals surface area contributed by atoms with Crippen molar-refractivity contribution in [1.29, 1.82) is 0 Å². The van der Waals surface area contributed by atoms with E-state index in [0.717, 1.165) is 18.9 Å². The van der Waals surface area contributed by atoms with Crippen molar-refractivity contribution in [2.75, 3.05) is 13.2 Å². The predicted octanol–water partition coefficient (Wildman–Crippen LogP) is 3.81. The molecule has 0 radical (unpaired) electrons. The first-order chi connectivity index (χ1) is 12.4. The second-order valence-electron chi connectivity index (χ2n) is 8.64. The average Bonchev–Trinajstić information content (AvgIpc) is 3.14. The van der Waals surface area contributed by atoms with Gasteiger partial charge in [-0.3, -0.25) is 0 Å². The summed E-state index contributed by atoms with van der Waals surface area (Å²) in [6, 6.07) is 11.3. The SMILES string of the molecule is C[Si](C)(C)CCOC(=O)N[C@@H]1C[C@@H]2O[C@H]1CC2COCc1ccccc1. The number of rotatable bonds is 8. The third-order valence-electron chi connectivity index (χ3n) is 5.18. The topological polar surface area (TPSA) is 56.8 Å². The molecule has 1 aromatic carbocycles. The van der Waals surface area contributed by atoms with Gasteiger partial charge in [-0.25, -0.2) is 4.79 Å². The molecule has 26 heavy (non-hydrogen) atoms. The average molecular weight is 378 g/mol. The fourth-order valence-corrected chi connectivity index (χ4v) is 4.34. The van der Waals surface area contributed by atoms with Crippen LogP contribution in [0.2, 0.25) is 25.7 Å². The Labute approximate surface area is 157 Å². The molecule has 0 saturated carbocycles. The van der Waals surface area contributed by atoms with E-state index in [1.807, 2.05) is 18.2 Å². The highest BCUT2D eigenvalue weighted by Gasteiger charge is 2.47. The van der Waals surface area contributed by atoms with Crippen LogP contribution in [0, 0.1) is 5.92 Å². The molecule has 5 nitrogen and oxygen atoms in total. The number of amides is 1. The van der Waals surface area contributed by atoms with E-state index in [1.54, 1.807) is 0 Å². The first-order valence-corrected chi connectivity index (χ1v) is 13.3. The van der Waals surface area contributed by atoms with Crippen molar-refractivity contribution in [2.24, 2.45) is 5.92 Å². The van der Waals surface area contributed by atoms with Gasteiger partial charge >= 0.3 is 6.09 Å². The Balaban J connectivity index is 1.34. The number of carbonyl (C=O) groups excluding carboxylic acids is 1. The molecule has 2 saturated heterocycles. The predicted molar refractivity (Wildman–Crippen MR) is 104 cm³/mol. The molecule has 0 aromatic heterocycles. The third-order valence-corrected chi connectivity index (χ3v) is 6.88. The summed E-state index contributed by atoms with van der Waals surface area (Å²) in [5.41, 5.74) is 1.19. The Morgan fingerprint density at radius 3 is 2.62 bits per heavy atom. The highest BCUT2D eigenvalue weighted by molar-refractivity contribution is 6.76. The van der Waals surface area contributed by atoms with Crippen LogP contribution < -0.4 is 5.32 Å². The van der Waals surface area contributed by atoms with Gasteiger partial charge in [-0.15, -0.1) is 0 Å². The Morgan fingerprint density at radius 1 is 1.19 bits per heavy atom. The van der Waals surface area contributed by atoms with Gasteiger partial charge in [0.2, 0.25) is 0 Å². The molecule has 4 atom stereocenters. The monoisotopic (exact) mass is 377 g/mol. The van der Waals surface area contributed by atoms with Crippen LogP contribution in [0.25, 0.3) is 0 Å². The summed E-state index contributed by atoms with van der Waals surface area (Å²) < 4.78 is 17.2. The molecular formula is C20H31NO4Si. The molecule has 0 aliphatic carbocycles. The summed E-state index contributed by atoms with van der Waals surface area (Å²) in [6.07, 6.45) is 1.77. The first-order valence-electron chi connectivity index (χ1n) is 9.61. The van der Waals surface area contributed by atoms with E-state index in [9.17, 15) is 4.79 Å². The Morgan fingerprint density at radius 2 is 1.96 bits per heavy atom. The highest BCUT2D eigenvalue weighted by atomic mass is 28.3. The van der Waals surface area contributed by atoms with Crippen LogP contribution in [0.1, 0.15) is 18.4 Å². The molecule has 2 aliphatic rings. The third kappa shape index (κ3) is 5.56. The molecule has 2 heterocycles. The molecule has 1 N–H and O–H groups in total. The number of ether oxygens (including phenoxy) is 3. The van der Waals surface area contributed by atoms with Crippen molar-refractivity contribution in [3.63, 3.8) is 0 Å². The largest absolute Gasteiger partial charge is 0.450 e. The maximum absolute atomic E-state index is 12.0. The van der Waals surface area contributed by atoms with Crippen LogP contribution in [0.15, 0.2) is 30.3 Å². The summed E-state index contributed by atoms with van der Waals surface area (Å²) in [7, 11) is -1.17. The van der Waals surface area contributed by atoms with E-state index < -0.39 is 8.07 Å². The number of carbonyl (C=O) groups is 1. The number of hydrogen-bond donors (Lipinski definition) is 1. The summed E-state index contributed by atoms with van der Waals surface area (Å²) >= 11 is 0. The van der Waals surface area contributed by atoms with Crippen molar-refractivity contribution < 1.29 is 19.0 Å². The Kier molecular flexibility index (Phi) is 6.37. The minimum Gasteiger partial charge on any atom is -0.450 e. The quantitative estimate of drug-likeness (QED) is 0.700. The van der Waals surface area contributed by atoms with Crippen molar-refractivity contribution in [1.82, 2.24) is 5.32 Å². The fraction of sp³-hybridized carbons (Fsp3) is 0.650. The number of benzene rings is 1. The maximum Gasteiger partial charge on any atom is 0.407 e. The van der Waals surface area contributed by atoms with Crippen LogP contribution >= 0.6 is 0 Å². The van der Waals surface area contributed by atoms with Gasteiger partial charge in [-0.1, -0.05) is 50.0 Å². The van der Waals surface area contributed by atoms with Crippen molar-refractivity contribution in [3.05, 3.63) is 35.9 Å². The van der Waals surface area contributed by atoms with Crippen LogP contribution in [0.5, 0.6) is 0 Å². The molecule has 3 rings (SSSR count). The summed E-state index contributed by atoms with van der Waals surface area (Å²) in [5, 5.41) is 2.99. The molecule has 0 spiro atoms. The van der Waals surface area contributed by atoms with Gasteiger partial charge in [0.25, 0.3) is 0 Å². The second-order valence-corrected chi connectivity index (χ2v) is 14.3. The van der Waals surface area contributed by atoms with Gasteiger partial charge in [0.1, 0.15) is 0 Å². The Hall–Kier alpha value is -1.37.